The fraction of sp³-hybridized carbons (Fsp3) is 0.750. The quantitative estimate of drug-likeness (QED) is 0.510. The van der Waals surface area contributed by atoms with Gasteiger partial charge in [0.25, 0.3) is 0 Å². The van der Waals surface area contributed by atoms with Crippen LogP contribution in [0.25, 0.3) is 0 Å². The Hall–Kier alpha value is -1.58. The highest BCUT2D eigenvalue weighted by atomic mass is 16.4. The van der Waals surface area contributed by atoms with E-state index in [1.54, 1.807) is 0 Å². The lowest BCUT2D eigenvalue weighted by Gasteiger charge is -2.24. The van der Waals surface area contributed by atoms with E-state index in [1.165, 1.54) is 11.3 Å². The maximum absolute atomic E-state index is 5.69. The second-order valence-electron chi connectivity index (χ2n) is 12.0. The summed E-state index contributed by atoms with van der Waals surface area (Å²) in [5.74, 6) is 1.78. The monoisotopic (exact) mass is 389 g/mol. The van der Waals surface area contributed by atoms with Gasteiger partial charge in [-0.05, 0) is 11.0 Å². The topological polar surface area (TPSA) is 43.9 Å². The Balaban J connectivity index is 0.000000280. The van der Waals surface area contributed by atoms with Gasteiger partial charge in [-0.2, -0.15) is 5.10 Å². The van der Waals surface area contributed by atoms with Crippen molar-refractivity contribution >= 4 is 0 Å². The zero-order chi connectivity index (χ0) is 22.3. The number of aryl methyl sites for hydroxylation is 2. The maximum atomic E-state index is 5.69. The molecule has 0 spiro atoms. The fourth-order valence-electron chi connectivity index (χ4n) is 3.03. The molecule has 2 heterocycles. The van der Waals surface area contributed by atoms with Crippen LogP contribution in [0.2, 0.25) is 0 Å². The zero-order valence-corrected chi connectivity index (χ0v) is 20.8. The minimum atomic E-state index is 0.0316. The molecule has 0 aliphatic rings. The lowest BCUT2D eigenvalue weighted by molar-refractivity contribution is 0.380. The fourth-order valence-corrected chi connectivity index (χ4v) is 3.03. The molecule has 2 aromatic rings. The molecule has 28 heavy (non-hydrogen) atoms. The van der Waals surface area contributed by atoms with Crippen LogP contribution in [0.3, 0.4) is 0 Å². The number of oxazole rings is 1. The molecule has 0 aliphatic heterocycles. The predicted octanol–water partition coefficient (Wildman–Crippen LogP) is 6.59. The molecule has 0 N–H and O–H groups in total. The van der Waals surface area contributed by atoms with Gasteiger partial charge >= 0.3 is 0 Å². The number of aromatic nitrogens is 3. The summed E-state index contributed by atoms with van der Waals surface area (Å²) in [6, 6.07) is 0. The Morgan fingerprint density at radius 1 is 0.714 bits per heavy atom. The molecule has 0 unspecified atom stereocenters. The summed E-state index contributed by atoms with van der Waals surface area (Å²) in [6.45, 7) is 28.2. The van der Waals surface area contributed by atoms with Crippen LogP contribution in [0.5, 0.6) is 0 Å². The number of rotatable bonds is 0. The summed E-state index contributed by atoms with van der Waals surface area (Å²) in [5.41, 5.74) is 4.05. The van der Waals surface area contributed by atoms with Crippen LogP contribution in [-0.2, 0) is 28.7 Å². The van der Waals surface area contributed by atoms with Crippen molar-refractivity contribution in [3.63, 3.8) is 0 Å². The van der Waals surface area contributed by atoms with Crippen LogP contribution in [0.4, 0.5) is 0 Å². The summed E-state index contributed by atoms with van der Waals surface area (Å²) in [7, 11) is 1.99. The van der Waals surface area contributed by atoms with E-state index in [0.717, 1.165) is 17.3 Å². The van der Waals surface area contributed by atoms with E-state index in [0.29, 0.717) is 0 Å². The van der Waals surface area contributed by atoms with Crippen LogP contribution in [0.1, 0.15) is 112 Å². The van der Waals surface area contributed by atoms with Gasteiger partial charge in [0.05, 0.1) is 11.4 Å². The Labute approximate surface area is 173 Å². The number of hydrogen-bond donors (Lipinski definition) is 0. The van der Waals surface area contributed by atoms with Crippen molar-refractivity contribution < 1.29 is 4.42 Å². The molecular formula is C24H43N3O. The zero-order valence-electron chi connectivity index (χ0n) is 20.8. The van der Waals surface area contributed by atoms with Gasteiger partial charge in [0.15, 0.2) is 5.89 Å². The largest absolute Gasteiger partial charge is 0.445 e. The standard InChI is InChI=1S/C12H22N2.C12H21NO/c1-11(2,3)9-8-14(7)13-10(9)12(4,5)6;1-8-13-9(11(2,3)4)10(14-8)12(5,6)7/h8H,1-7H3;1-7H3. The van der Waals surface area contributed by atoms with Crippen molar-refractivity contribution in [2.45, 2.75) is 112 Å². The average Bonchev–Trinajstić information content (AvgIpc) is 3.00. The van der Waals surface area contributed by atoms with E-state index in [1.807, 2.05) is 18.7 Å². The minimum Gasteiger partial charge on any atom is -0.445 e. The molecule has 0 saturated heterocycles. The molecule has 0 fully saturated rings. The Kier molecular flexibility index (Phi) is 6.71. The molecule has 160 valence electrons. The highest BCUT2D eigenvalue weighted by molar-refractivity contribution is 5.30. The van der Waals surface area contributed by atoms with Gasteiger partial charge in [0, 0.05) is 36.4 Å². The van der Waals surface area contributed by atoms with Crippen LogP contribution < -0.4 is 0 Å². The lowest BCUT2D eigenvalue weighted by Crippen LogP contribution is -2.20. The lowest BCUT2D eigenvalue weighted by atomic mass is 9.80. The summed E-state index contributed by atoms with van der Waals surface area (Å²) >= 11 is 0. The first kappa shape index (κ1) is 24.5. The molecule has 2 rings (SSSR count). The van der Waals surface area contributed by atoms with E-state index in [9.17, 15) is 0 Å². The molecule has 0 radical (unpaired) electrons. The van der Waals surface area contributed by atoms with Crippen LogP contribution in [0, 0.1) is 6.92 Å². The van der Waals surface area contributed by atoms with Gasteiger partial charge in [0.1, 0.15) is 5.76 Å². The smallest absolute Gasteiger partial charge is 0.191 e. The first-order valence-electron chi connectivity index (χ1n) is 10.3. The maximum Gasteiger partial charge on any atom is 0.191 e. The molecule has 0 saturated carbocycles. The predicted molar refractivity (Wildman–Crippen MR) is 119 cm³/mol. The minimum absolute atomic E-state index is 0.0316. The van der Waals surface area contributed by atoms with Crippen molar-refractivity contribution in [3.05, 3.63) is 34.8 Å². The van der Waals surface area contributed by atoms with E-state index in [2.05, 4.69) is 99.4 Å². The van der Waals surface area contributed by atoms with Gasteiger partial charge in [0.2, 0.25) is 0 Å². The molecule has 4 heteroatoms. The van der Waals surface area contributed by atoms with Gasteiger partial charge in [-0.3, -0.25) is 4.68 Å². The van der Waals surface area contributed by atoms with Gasteiger partial charge < -0.3 is 4.42 Å². The van der Waals surface area contributed by atoms with Gasteiger partial charge in [-0.15, -0.1) is 0 Å². The van der Waals surface area contributed by atoms with E-state index in [4.69, 9.17) is 4.42 Å². The summed E-state index contributed by atoms with van der Waals surface area (Å²) in [5, 5.41) is 4.57. The van der Waals surface area contributed by atoms with Crippen molar-refractivity contribution in [1.29, 1.82) is 0 Å². The molecule has 0 atom stereocenters. The van der Waals surface area contributed by atoms with Crippen LogP contribution in [0.15, 0.2) is 10.6 Å². The van der Waals surface area contributed by atoms with Crippen LogP contribution >= 0.6 is 0 Å². The Morgan fingerprint density at radius 2 is 1.18 bits per heavy atom. The molecule has 4 nitrogen and oxygen atoms in total. The van der Waals surface area contributed by atoms with Crippen molar-refractivity contribution in [1.82, 2.24) is 14.8 Å². The molecule has 2 aromatic heterocycles. The Bertz CT molecular complexity index is 651. The average molecular weight is 390 g/mol. The molecule has 0 amide bonds. The highest BCUT2D eigenvalue weighted by Gasteiger charge is 2.31. The SMILES string of the molecule is Cc1nc(C(C)(C)C)c(C(C)(C)C)o1.Cn1cc(C(C)(C)C)c(C(C)(C)C)n1. The molecular weight excluding hydrogens is 346 g/mol. The first-order chi connectivity index (χ1) is 12.2. The third-order valence-corrected chi connectivity index (χ3v) is 4.47. The van der Waals surface area contributed by atoms with Crippen molar-refractivity contribution in [2.75, 3.05) is 0 Å². The summed E-state index contributed by atoms with van der Waals surface area (Å²) in [4.78, 5) is 4.48. The first-order valence-corrected chi connectivity index (χ1v) is 10.3. The summed E-state index contributed by atoms with van der Waals surface area (Å²) < 4.78 is 7.61. The summed E-state index contributed by atoms with van der Waals surface area (Å²) in [6.07, 6.45) is 2.14. The number of nitrogens with zero attached hydrogens (tertiary/aromatic N) is 3. The number of hydrogen-bond acceptors (Lipinski definition) is 3. The van der Waals surface area contributed by atoms with E-state index in [-0.39, 0.29) is 21.7 Å². The second kappa shape index (κ2) is 7.68. The Morgan fingerprint density at radius 3 is 1.46 bits per heavy atom. The van der Waals surface area contributed by atoms with Crippen molar-refractivity contribution in [3.8, 4) is 0 Å². The molecule has 0 aromatic carbocycles. The second-order valence-corrected chi connectivity index (χ2v) is 12.0. The van der Waals surface area contributed by atoms with Crippen molar-refractivity contribution in [2.24, 2.45) is 7.05 Å². The van der Waals surface area contributed by atoms with Crippen LogP contribution in [-0.4, -0.2) is 14.8 Å². The van der Waals surface area contributed by atoms with E-state index >= 15 is 0 Å². The third kappa shape index (κ3) is 6.22. The molecule has 0 aliphatic carbocycles. The molecule has 0 bridgehead atoms. The van der Waals surface area contributed by atoms with E-state index < -0.39 is 0 Å². The third-order valence-electron chi connectivity index (χ3n) is 4.47. The van der Waals surface area contributed by atoms with Gasteiger partial charge in [-0.25, -0.2) is 4.98 Å². The normalized spacial score (nSPS) is 13.4. The van der Waals surface area contributed by atoms with Gasteiger partial charge in [-0.1, -0.05) is 83.1 Å². The highest BCUT2D eigenvalue weighted by Crippen LogP contribution is 2.34.